The van der Waals surface area contributed by atoms with Gasteiger partial charge in [-0.2, -0.15) is 0 Å². The highest BCUT2D eigenvalue weighted by molar-refractivity contribution is 5.79. The second-order valence-corrected chi connectivity index (χ2v) is 7.14. The molecular weight excluding hydrogens is 366 g/mol. The highest BCUT2D eigenvalue weighted by Gasteiger charge is 2.18. The van der Waals surface area contributed by atoms with Crippen molar-refractivity contribution in [3.63, 3.8) is 0 Å². The molecule has 160 valence electrons. The molecule has 0 fully saturated rings. The van der Waals surface area contributed by atoms with Gasteiger partial charge in [0, 0.05) is 11.7 Å². The number of hydrogen-bond donors (Lipinski definition) is 5. The van der Waals surface area contributed by atoms with Gasteiger partial charge in [-0.3, -0.25) is 9.59 Å². The van der Waals surface area contributed by atoms with Crippen molar-refractivity contribution in [2.45, 2.75) is 44.7 Å². The summed E-state index contributed by atoms with van der Waals surface area (Å²) in [6, 6.07) is 9.29. The first kappa shape index (κ1) is 24.4. The molecule has 0 saturated heterocycles. The Kier molecular flexibility index (Phi) is 11.4. The molecule has 1 rings (SSSR count). The number of hydrogen-bond acceptors (Lipinski definition) is 5. The van der Waals surface area contributed by atoms with Crippen LogP contribution in [0.4, 0.5) is 0 Å². The van der Waals surface area contributed by atoms with E-state index in [0.29, 0.717) is 18.7 Å². The van der Waals surface area contributed by atoms with Crippen LogP contribution < -0.4 is 27.4 Å². The summed E-state index contributed by atoms with van der Waals surface area (Å²) in [5.74, 6) is -0.434. The molecule has 7 heteroatoms. The first-order chi connectivity index (χ1) is 13.9. The molecule has 0 saturated carbocycles. The van der Waals surface area contributed by atoms with Crippen molar-refractivity contribution in [1.82, 2.24) is 16.0 Å². The van der Waals surface area contributed by atoms with Crippen molar-refractivity contribution < 1.29 is 9.59 Å². The molecule has 7 N–H and O–H groups in total. The normalized spacial score (nSPS) is 12.5. The van der Waals surface area contributed by atoms with E-state index in [1.54, 1.807) is 0 Å². The zero-order valence-corrected chi connectivity index (χ0v) is 17.4. The van der Waals surface area contributed by atoms with Crippen LogP contribution in [0.2, 0.25) is 0 Å². The summed E-state index contributed by atoms with van der Waals surface area (Å²) in [7, 11) is 0. The van der Waals surface area contributed by atoms with Crippen molar-refractivity contribution in [2.75, 3.05) is 19.6 Å². The number of benzene rings is 1. The molecule has 2 atom stereocenters. The molecule has 0 aliphatic rings. The molecule has 1 aromatic rings. The van der Waals surface area contributed by atoms with Crippen molar-refractivity contribution >= 4 is 11.8 Å². The highest BCUT2D eigenvalue weighted by atomic mass is 16.2. The Balaban J connectivity index is 2.62. The van der Waals surface area contributed by atoms with Gasteiger partial charge in [0.25, 0.3) is 0 Å². The molecule has 0 aliphatic carbocycles. The lowest BCUT2D eigenvalue weighted by Gasteiger charge is -2.23. The van der Waals surface area contributed by atoms with Gasteiger partial charge in [0.1, 0.15) is 0 Å². The predicted molar refractivity (Wildman–Crippen MR) is 118 cm³/mol. The van der Waals surface area contributed by atoms with E-state index >= 15 is 0 Å². The van der Waals surface area contributed by atoms with E-state index in [-0.39, 0.29) is 37.0 Å². The Bertz CT molecular complexity index is 675. The predicted octanol–water partition coefficient (Wildman–Crippen LogP) is 0.966. The maximum Gasteiger partial charge on any atom is 0.239 e. The monoisotopic (exact) mass is 401 g/mol. The van der Waals surface area contributed by atoms with E-state index in [9.17, 15) is 9.59 Å². The van der Waals surface area contributed by atoms with Crippen LogP contribution in [0.3, 0.4) is 0 Å². The van der Waals surface area contributed by atoms with Crippen LogP contribution in [-0.4, -0.2) is 43.5 Å². The second-order valence-electron chi connectivity index (χ2n) is 7.14. The highest BCUT2D eigenvalue weighted by Crippen LogP contribution is 2.09. The smallest absolute Gasteiger partial charge is 0.239 e. The molecule has 0 aromatic heterocycles. The molecule has 2 amide bonds. The molecule has 1 aromatic carbocycles. The van der Waals surface area contributed by atoms with Gasteiger partial charge in [-0.25, -0.2) is 0 Å². The fraction of sp³-hybridized carbons (Fsp3) is 0.455. The van der Waals surface area contributed by atoms with Gasteiger partial charge >= 0.3 is 0 Å². The van der Waals surface area contributed by atoms with Gasteiger partial charge in [-0.05, 0) is 44.7 Å². The first-order valence-corrected chi connectivity index (χ1v) is 9.98. The van der Waals surface area contributed by atoms with Crippen molar-refractivity contribution in [1.29, 1.82) is 0 Å². The lowest BCUT2D eigenvalue weighted by atomic mass is 10.0. The number of unbranched alkanes of at least 4 members (excludes halogenated alkanes) is 1. The quantitative estimate of drug-likeness (QED) is 0.235. The SMILES string of the molecule is C=C(C)C(CCCCN)NC(=O)CNC(=C)C(Cc1ccccc1)NC(=O)CN. The standard InChI is InChI=1S/C22H35N5O2/c1-16(2)19(11-7-8-12-23)26-22(29)15-25-17(3)20(27-21(28)14-24)13-18-9-5-4-6-10-18/h4-6,9-10,19-20,25H,1,3,7-8,11-15,23-24H2,2H3,(H,26,29)(H,27,28). The average molecular weight is 402 g/mol. The van der Waals surface area contributed by atoms with E-state index in [2.05, 4.69) is 29.1 Å². The Morgan fingerprint density at radius 2 is 1.66 bits per heavy atom. The first-order valence-electron chi connectivity index (χ1n) is 9.98. The number of carbonyl (C=O) groups excluding carboxylic acids is 2. The van der Waals surface area contributed by atoms with Crippen LogP contribution in [0.25, 0.3) is 0 Å². The molecule has 0 radical (unpaired) electrons. The Morgan fingerprint density at radius 3 is 2.24 bits per heavy atom. The summed E-state index contributed by atoms with van der Waals surface area (Å²) in [6.45, 7) is 10.4. The van der Waals surface area contributed by atoms with Crippen LogP contribution in [0.1, 0.15) is 31.7 Å². The lowest BCUT2D eigenvalue weighted by molar-refractivity contribution is -0.120. The van der Waals surface area contributed by atoms with E-state index in [4.69, 9.17) is 11.5 Å². The number of nitrogens with two attached hydrogens (primary N) is 2. The maximum absolute atomic E-state index is 12.4. The van der Waals surface area contributed by atoms with Gasteiger partial charge in [0.15, 0.2) is 0 Å². The Morgan fingerprint density at radius 1 is 1.00 bits per heavy atom. The van der Waals surface area contributed by atoms with E-state index in [0.717, 1.165) is 30.4 Å². The number of carbonyl (C=O) groups is 2. The summed E-state index contributed by atoms with van der Waals surface area (Å²) < 4.78 is 0. The topological polar surface area (TPSA) is 122 Å². The molecule has 29 heavy (non-hydrogen) atoms. The van der Waals surface area contributed by atoms with Crippen LogP contribution in [-0.2, 0) is 16.0 Å². The zero-order chi connectivity index (χ0) is 21.6. The van der Waals surface area contributed by atoms with Crippen molar-refractivity contribution in [3.05, 3.63) is 60.3 Å². The third-order valence-corrected chi connectivity index (χ3v) is 4.58. The van der Waals surface area contributed by atoms with Gasteiger partial charge in [-0.15, -0.1) is 0 Å². The minimum atomic E-state index is -0.372. The van der Waals surface area contributed by atoms with Gasteiger partial charge < -0.3 is 27.4 Å². The van der Waals surface area contributed by atoms with E-state index in [1.165, 1.54) is 0 Å². The molecule has 0 heterocycles. The molecule has 2 unspecified atom stereocenters. The molecule has 7 nitrogen and oxygen atoms in total. The third-order valence-electron chi connectivity index (χ3n) is 4.58. The number of rotatable bonds is 14. The summed E-state index contributed by atoms with van der Waals surface area (Å²) in [4.78, 5) is 24.2. The maximum atomic E-state index is 12.4. The fourth-order valence-electron chi connectivity index (χ4n) is 2.86. The molecular formula is C22H35N5O2. The lowest BCUT2D eigenvalue weighted by Crippen LogP contribution is -2.46. The van der Waals surface area contributed by atoms with Crippen LogP contribution in [0.5, 0.6) is 0 Å². The minimum absolute atomic E-state index is 0.0588. The average Bonchev–Trinajstić information content (AvgIpc) is 2.71. The van der Waals surface area contributed by atoms with Gasteiger partial charge in [0.05, 0.1) is 19.1 Å². The van der Waals surface area contributed by atoms with Gasteiger partial charge in [0.2, 0.25) is 11.8 Å². The molecule has 0 aliphatic heterocycles. The van der Waals surface area contributed by atoms with Crippen LogP contribution in [0, 0.1) is 0 Å². The number of amides is 2. The second kappa shape index (κ2) is 13.5. The summed E-state index contributed by atoms with van der Waals surface area (Å²) in [6.07, 6.45) is 3.20. The molecule has 0 bridgehead atoms. The van der Waals surface area contributed by atoms with Crippen molar-refractivity contribution in [2.24, 2.45) is 11.5 Å². The molecule has 0 spiro atoms. The Labute approximate surface area is 174 Å². The zero-order valence-electron chi connectivity index (χ0n) is 17.4. The van der Waals surface area contributed by atoms with E-state index < -0.39 is 0 Å². The van der Waals surface area contributed by atoms with Gasteiger partial charge in [-0.1, -0.05) is 49.1 Å². The summed E-state index contributed by atoms with van der Waals surface area (Å²) in [5.41, 5.74) is 13.5. The summed E-state index contributed by atoms with van der Waals surface area (Å²) in [5, 5.41) is 8.86. The van der Waals surface area contributed by atoms with E-state index in [1.807, 2.05) is 37.3 Å². The summed E-state index contributed by atoms with van der Waals surface area (Å²) >= 11 is 0. The Hall–Kier alpha value is -2.64. The van der Waals surface area contributed by atoms with Crippen LogP contribution in [0.15, 0.2) is 54.8 Å². The van der Waals surface area contributed by atoms with Crippen LogP contribution >= 0.6 is 0 Å². The van der Waals surface area contributed by atoms with Crippen molar-refractivity contribution in [3.8, 4) is 0 Å². The largest absolute Gasteiger partial charge is 0.378 e. The minimum Gasteiger partial charge on any atom is -0.378 e. The third kappa shape index (κ3) is 9.91. The number of nitrogens with one attached hydrogen (secondary N) is 3. The fourth-order valence-corrected chi connectivity index (χ4v) is 2.86.